The first-order valence-electron chi connectivity index (χ1n) is 12.5. The molecule has 4 heteroatoms. The standard InChI is InChI=1S/C27H38O4/c1-5-23(28)30-16(3)13-26-15-21(20-8-7-9-22(20)26)25-18-10-11-19(12-18)27(25,26)14-17(4)31-24(29)6-2/h5-6,16-22,25H,1-2,7-15H2,3-4H3. The zero-order valence-electron chi connectivity index (χ0n) is 19.2. The number of carbonyl (C=O) groups excluding carboxylic acids is 2. The predicted octanol–water partition coefficient (Wildman–Crippen LogP) is 5.47. The minimum atomic E-state index is -0.314. The third-order valence-corrected chi connectivity index (χ3v) is 10.4. The van der Waals surface area contributed by atoms with Crippen LogP contribution in [-0.2, 0) is 19.1 Å². The summed E-state index contributed by atoms with van der Waals surface area (Å²) in [7, 11) is 0. The molecule has 5 saturated carbocycles. The highest BCUT2D eigenvalue weighted by molar-refractivity contribution is 5.81. The fourth-order valence-corrected chi connectivity index (χ4v) is 10.3. The maximum Gasteiger partial charge on any atom is 0.330 e. The molecule has 0 aromatic heterocycles. The van der Waals surface area contributed by atoms with Crippen LogP contribution in [0.4, 0.5) is 0 Å². The van der Waals surface area contributed by atoms with Gasteiger partial charge in [0.25, 0.3) is 0 Å². The van der Waals surface area contributed by atoms with E-state index in [0.717, 1.165) is 48.3 Å². The first kappa shape index (κ1) is 21.3. The summed E-state index contributed by atoms with van der Waals surface area (Å²) in [6.45, 7) is 11.3. The van der Waals surface area contributed by atoms with Crippen LogP contribution in [0.3, 0.4) is 0 Å². The largest absolute Gasteiger partial charge is 0.460 e. The summed E-state index contributed by atoms with van der Waals surface area (Å²) in [6, 6.07) is 0. The van der Waals surface area contributed by atoms with Crippen LogP contribution in [0.1, 0.15) is 71.6 Å². The zero-order valence-corrected chi connectivity index (χ0v) is 19.2. The summed E-state index contributed by atoms with van der Waals surface area (Å²) in [5.74, 6) is 4.10. The van der Waals surface area contributed by atoms with Gasteiger partial charge in [-0.25, -0.2) is 9.59 Å². The van der Waals surface area contributed by atoms with Crippen molar-refractivity contribution in [2.24, 2.45) is 46.3 Å². The lowest BCUT2D eigenvalue weighted by Gasteiger charge is -2.59. The highest BCUT2D eigenvalue weighted by Crippen LogP contribution is 2.85. The summed E-state index contributed by atoms with van der Waals surface area (Å²) >= 11 is 0. The summed E-state index contributed by atoms with van der Waals surface area (Å²) in [6.07, 6.45) is 13.6. The average Bonchev–Trinajstić information content (AvgIpc) is 3.51. The minimum absolute atomic E-state index is 0.102. The van der Waals surface area contributed by atoms with Crippen molar-refractivity contribution < 1.29 is 19.1 Å². The average molecular weight is 427 g/mol. The Morgan fingerprint density at radius 3 is 2.32 bits per heavy atom. The van der Waals surface area contributed by atoms with Crippen LogP contribution in [0.5, 0.6) is 0 Å². The number of esters is 2. The summed E-state index contributed by atoms with van der Waals surface area (Å²) in [4.78, 5) is 24.0. The number of hydrogen-bond donors (Lipinski definition) is 0. The van der Waals surface area contributed by atoms with Gasteiger partial charge in [-0.1, -0.05) is 19.6 Å². The SMILES string of the molecule is C=CC(=O)OC(C)CC12CC(C3CCCC31)C1C3CCC(C3)C12CC(C)OC(=O)C=C. The van der Waals surface area contributed by atoms with Crippen molar-refractivity contribution in [1.29, 1.82) is 0 Å². The van der Waals surface area contributed by atoms with Gasteiger partial charge in [-0.15, -0.1) is 0 Å². The van der Waals surface area contributed by atoms with Gasteiger partial charge in [0.15, 0.2) is 0 Å². The van der Waals surface area contributed by atoms with E-state index in [1.807, 2.05) is 0 Å². The summed E-state index contributed by atoms with van der Waals surface area (Å²) < 4.78 is 11.5. The molecule has 31 heavy (non-hydrogen) atoms. The van der Waals surface area contributed by atoms with Crippen LogP contribution in [0, 0.1) is 46.3 Å². The molecule has 0 radical (unpaired) electrons. The Labute approximate surface area is 186 Å². The van der Waals surface area contributed by atoms with Gasteiger partial charge in [0.1, 0.15) is 0 Å². The third kappa shape index (κ3) is 2.85. The Kier molecular flexibility index (Phi) is 5.14. The molecule has 170 valence electrons. The normalized spacial score (nSPS) is 45.6. The van der Waals surface area contributed by atoms with Gasteiger partial charge in [0.2, 0.25) is 0 Å². The van der Waals surface area contributed by atoms with Gasteiger partial charge in [-0.2, -0.15) is 0 Å². The second-order valence-electron chi connectivity index (χ2n) is 11.4. The molecule has 0 aromatic rings. The smallest absolute Gasteiger partial charge is 0.330 e. The maximum atomic E-state index is 12.0. The maximum absolute atomic E-state index is 12.0. The molecule has 0 amide bonds. The fraction of sp³-hybridized carbons (Fsp3) is 0.778. The minimum Gasteiger partial charge on any atom is -0.460 e. The Morgan fingerprint density at radius 2 is 1.65 bits per heavy atom. The van der Waals surface area contributed by atoms with Crippen molar-refractivity contribution in [2.75, 3.05) is 0 Å². The van der Waals surface area contributed by atoms with Crippen LogP contribution in [0.15, 0.2) is 25.3 Å². The molecule has 0 aliphatic heterocycles. The van der Waals surface area contributed by atoms with E-state index < -0.39 is 0 Å². The van der Waals surface area contributed by atoms with Gasteiger partial charge >= 0.3 is 11.9 Å². The van der Waals surface area contributed by atoms with Crippen molar-refractivity contribution >= 4 is 11.9 Å². The molecule has 4 nitrogen and oxygen atoms in total. The van der Waals surface area contributed by atoms with Gasteiger partial charge in [0.05, 0.1) is 12.2 Å². The molecule has 0 aromatic carbocycles. The second-order valence-corrected chi connectivity index (χ2v) is 11.4. The first-order chi connectivity index (χ1) is 14.9. The number of ether oxygens (including phenoxy) is 2. The molecular weight excluding hydrogens is 388 g/mol. The van der Waals surface area contributed by atoms with Crippen LogP contribution in [0.25, 0.3) is 0 Å². The molecule has 10 unspecified atom stereocenters. The Hall–Kier alpha value is -1.58. The van der Waals surface area contributed by atoms with E-state index in [4.69, 9.17) is 9.47 Å². The number of rotatable bonds is 8. The van der Waals surface area contributed by atoms with E-state index in [1.165, 1.54) is 57.1 Å². The first-order valence-corrected chi connectivity index (χ1v) is 12.5. The number of carbonyl (C=O) groups is 2. The van der Waals surface area contributed by atoms with E-state index in [0.29, 0.717) is 0 Å². The Bertz CT molecular complexity index is 788. The molecule has 10 atom stereocenters. The van der Waals surface area contributed by atoms with E-state index in [1.54, 1.807) is 0 Å². The molecular formula is C27H38O4. The van der Waals surface area contributed by atoms with E-state index >= 15 is 0 Å². The van der Waals surface area contributed by atoms with Crippen LogP contribution in [0.2, 0.25) is 0 Å². The van der Waals surface area contributed by atoms with Crippen LogP contribution >= 0.6 is 0 Å². The van der Waals surface area contributed by atoms with Crippen molar-refractivity contribution in [3.8, 4) is 0 Å². The Morgan fingerprint density at radius 1 is 0.968 bits per heavy atom. The quantitative estimate of drug-likeness (QED) is 0.293. The third-order valence-electron chi connectivity index (χ3n) is 10.4. The van der Waals surface area contributed by atoms with Crippen LogP contribution < -0.4 is 0 Å². The van der Waals surface area contributed by atoms with Gasteiger partial charge in [-0.05, 0) is 112 Å². The molecule has 0 N–H and O–H groups in total. The topological polar surface area (TPSA) is 52.6 Å². The lowest BCUT2D eigenvalue weighted by atomic mass is 9.45. The lowest BCUT2D eigenvalue weighted by Crippen LogP contribution is -2.55. The second kappa shape index (κ2) is 7.49. The summed E-state index contributed by atoms with van der Waals surface area (Å²) in [5.41, 5.74) is 0.431. The molecule has 0 spiro atoms. The fourth-order valence-electron chi connectivity index (χ4n) is 10.3. The molecule has 5 fully saturated rings. The van der Waals surface area contributed by atoms with Gasteiger partial charge in [0, 0.05) is 12.2 Å². The molecule has 5 aliphatic carbocycles. The molecule has 5 aliphatic rings. The van der Waals surface area contributed by atoms with Gasteiger partial charge < -0.3 is 9.47 Å². The molecule has 5 rings (SSSR count). The number of fused-ring (bicyclic) bond motifs is 12. The molecule has 4 bridgehead atoms. The van der Waals surface area contributed by atoms with Crippen molar-refractivity contribution in [3.63, 3.8) is 0 Å². The zero-order chi connectivity index (χ0) is 22.0. The monoisotopic (exact) mass is 426 g/mol. The van der Waals surface area contributed by atoms with Crippen molar-refractivity contribution in [1.82, 2.24) is 0 Å². The van der Waals surface area contributed by atoms with E-state index in [2.05, 4.69) is 27.0 Å². The van der Waals surface area contributed by atoms with E-state index in [-0.39, 0.29) is 35.0 Å². The Balaban J connectivity index is 1.53. The lowest BCUT2D eigenvalue weighted by molar-refractivity contribution is -0.163. The number of hydrogen-bond acceptors (Lipinski definition) is 4. The predicted molar refractivity (Wildman–Crippen MR) is 119 cm³/mol. The van der Waals surface area contributed by atoms with Crippen molar-refractivity contribution in [3.05, 3.63) is 25.3 Å². The summed E-state index contributed by atoms with van der Waals surface area (Å²) in [5, 5.41) is 0. The van der Waals surface area contributed by atoms with Gasteiger partial charge in [-0.3, -0.25) is 0 Å². The highest BCUT2D eigenvalue weighted by atomic mass is 16.5. The van der Waals surface area contributed by atoms with E-state index in [9.17, 15) is 9.59 Å². The van der Waals surface area contributed by atoms with Crippen LogP contribution in [-0.4, -0.2) is 24.1 Å². The molecule has 0 saturated heterocycles. The highest BCUT2D eigenvalue weighted by Gasteiger charge is 2.79. The van der Waals surface area contributed by atoms with Crippen molar-refractivity contribution in [2.45, 2.75) is 83.8 Å². The molecule has 0 heterocycles.